The largest absolute Gasteiger partial charge is 0.389 e. The summed E-state index contributed by atoms with van der Waals surface area (Å²) >= 11 is 0. The Hall–Kier alpha value is -0.900. The predicted molar refractivity (Wildman–Crippen MR) is 74.9 cm³/mol. The van der Waals surface area contributed by atoms with Crippen molar-refractivity contribution in [3.63, 3.8) is 0 Å². The summed E-state index contributed by atoms with van der Waals surface area (Å²) in [6, 6.07) is 9.03. The van der Waals surface area contributed by atoms with Crippen molar-refractivity contribution in [3.05, 3.63) is 35.4 Å². The first kappa shape index (κ1) is 15.2. The van der Waals surface area contributed by atoms with Gasteiger partial charge in [-0.3, -0.25) is 0 Å². The van der Waals surface area contributed by atoms with Crippen molar-refractivity contribution in [3.8, 4) is 0 Å². The zero-order valence-electron chi connectivity index (χ0n) is 11.9. The average molecular weight is 251 g/mol. The second kappa shape index (κ2) is 7.52. The Morgan fingerprint density at radius 2 is 1.89 bits per heavy atom. The summed E-state index contributed by atoms with van der Waals surface area (Å²) in [5.41, 5.74) is 2.62. The Morgan fingerprint density at radius 1 is 1.28 bits per heavy atom. The van der Waals surface area contributed by atoms with Gasteiger partial charge in [0.1, 0.15) is 0 Å². The molecule has 0 heterocycles. The minimum atomic E-state index is -0.416. The number of aliphatic hydroxyl groups excluding tert-OH is 1. The van der Waals surface area contributed by atoms with Crippen LogP contribution in [0, 0.1) is 6.92 Å². The molecule has 1 N–H and O–H groups in total. The number of likely N-dealkylation sites (N-methyl/N-ethyl adjacent to an activating group) is 1. The van der Waals surface area contributed by atoms with Crippen LogP contribution >= 0.6 is 0 Å². The van der Waals surface area contributed by atoms with E-state index in [-0.39, 0.29) is 0 Å². The Balaban J connectivity index is 2.44. The second-order valence-corrected chi connectivity index (χ2v) is 5.09. The first-order valence-electron chi connectivity index (χ1n) is 6.45. The zero-order valence-corrected chi connectivity index (χ0v) is 11.9. The van der Waals surface area contributed by atoms with E-state index in [1.54, 1.807) is 7.11 Å². The third-order valence-corrected chi connectivity index (χ3v) is 3.26. The van der Waals surface area contributed by atoms with Gasteiger partial charge in [0.2, 0.25) is 0 Å². The number of aryl methyl sites for hydroxylation is 1. The fourth-order valence-electron chi connectivity index (χ4n) is 1.98. The summed E-state index contributed by atoms with van der Waals surface area (Å²) < 4.78 is 4.94. The quantitative estimate of drug-likeness (QED) is 0.803. The van der Waals surface area contributed by atoms with Crippen molar-refractivity contribution in [2.45, 2.75) is 32.4 Å². The standard InChI is InChI=1S/C15H25NO2/c1-12-5-7-14(8-6-12)9-13(2)16(3)10-15(17)11-18-4/h5-8,13,15,17H,9-11H2,1-4H3/t13-,15+/m0/s1. The molecule has 0 unspecified atom stereocenters. The van der Waals surface area contributed by atoms with Crippen molar-refractivity contribution in [2.75, 3.05) is 27.3 Å². The van der Waals surface area contributed by atoms with Gasteiger partial charge >= 0.3 is 0 Å². The molecule has 1 aromatic carbocycles. The van der Waals surface area contributed by atoms with E-state index >= 15 is 0 Å². The predicted octanol–water partition coefficient (Wildman–Crippen LogP) is 1.87. The molecule has 2 atom stereocenters. The molecule has 18 heavy (non-hydrogen) atoms. The highest BCUT2D eigenvalue weighted by Crippen LogP contribution is 2.09. The number of hydrogen-bond donors (Lipinski definition) is 1. The van der Waals surface area contributed by atoms with Gasteiger partial charge in [-0.05, 0) is 32.9 Å². The smallest absolute Gasteiger partial charge is 0.0900 e. The third kappa shape index (κ3) is 5.17. The topological polar surface area (TPSA) is 32.7 Å². The van der Waals surface area contributed by atoms with Crippen LogP contribution in [0.2, 0.25) is 0 Å². The molecule has 3 heteroatoms. The maximum Gasteiger partial charge on any atom is 0.0900 e. The maximum atomic E-state index is 9.70. The normalized spacial score (nSPS) is 14.8. The molecular weight excluding hydrogens is 226 g/mol. The van der Waals surface area contributed by atoms with Crippen molar-refractivity contribution in [2.24, 2.45) is 0 Å². The Bertz CT molecular complexity index is 337. The number of benzene rings is 1. The van der Waals surface area contributed by atoms with Crippen LogP contribution in [0.5, 0.6) is 0 Å². The minimum absolute atomic E-state index is 0.390. The van der Waals surface area contributed by atoms with Crippen LogP contribution in [0.1, 0.15) is 18.1 Å². The lowest BCUT2D eigenvalue weighted by atomic mass is 10.0. The van der Waals surface area contributed by atoms with Crippen LogP contribution in [-0.4, -0.2) is 49.5 Å². The Labute approximate surface area is 110 Å². The molecule has 0 saturated heterocycles. The van der Waals surface area contributed by atoms with Gasteiger partial charge in [-0.1, -0.05) is 29.8 Å². The van der Waals surface area contributed by atoms with Crippen LogP contribution in [-0.2, 0) is 11.2 Å². The van der Waals surface area contributed by atoms with E-state index in [2.05, 4.69) is 43.0 Å². The fraction of sp³-hybridized carbons (Fsp3) is 0.600. The van der Waals surface area contributed by atoms with Crippen LogP contribution in [0.25, 0.3) is 0 Å². The van der Waals surface area contributed by atoms with Crippen molar-refractivity contribution in [1.82, 2.24) is 4.90 Å². The van der Waals surface area contributed by atoms with Gasteiger partial charge in [-0.2, -0.15) is 0 Å². The molecule has 1 aromatic rings. The van der Waals surface area contributed by atoms with Crippen LogP contribution < -0.4 is 0 Å². The van der Waals surface area contributed by atoms with E-state index in [0.717, 1.165) is 6.42 Å². The highest BCUT2D eigenvalue weighted by molar-refractivity contribution is 5.21. The molecule has 0 radical (unpaired) electrons. The lowest BCUT2D eigenvalue weighted by Gasteiger charge is -2.26. The minimum Gasteiger partial charge on any atom is -0.389 e. The molecule has 0 aromatic heterocycles. The summed E-state index contributed by atoms with van der Waals surface area (Å²) in [6.45, 7) is 5.31. The van der Waals surface area contributed by atoms with Crippen LogP contribution in [0.15, 0.2) is 24.3 Å². The molecular formula is C15H25NO2. The van der Waals surface area contributed by atoms with Gasteiger partial charge in [-0.15, -0.1) is 0 Å². The summed E-state index contributed by atoms with van der Waals surface area (Å²) in [5, 5.41) is 9.70. The lowest BCUT2D eigenvalue weighted by molar-refractivity contribution is 0.0359. The van der Waals surface area contributed by atoms with Gasteiger partial charge in [0.05, 0.1) is 12.7 Å². The first-order chi connectivity index (χ1) is 8.52. The Morgan fingerprint density at radius 3 is 2.44 bits per heavy atom. The SMILES string of the molecule is COC[C@H](O)CN(C)[C@@H](C)Cc1ccc(C)cc1. The summed E-state index contributed by atoms with van der Waals surface area (Å²) in [7, 11) is 3.65. The van der Waals surface area contributed by atoms with Crippen molar-refractivity contribution < 1.29 is 9.84 Å². The zero-order chi connectivity index (χ0) is 13.5. The number of methoxy groups -OCH3 is 1. The highest BCUT2D eigenvalue weighted by Gasteiger charge is 2.14. The number of hydrogen-bond acceptors (Lipinski definition) is 3. The van der Waals surface area contributed by atoms with E-state index in [0.29, 0.717) is 19.2 Å². The number of aliphatic hydroxyl groups is 1. The Kier molecular flexibility index (Phi) is 6.33. The van der Waals surface area contributed by atoms with Gasteiger partial charge in [0, 0.05) is 19.7 Å². The van der Waals surface area contributed by atoms with E-state index < -0.39 is 6.10 Å². The monoisotopic (exact) mass is 251 g/mol. The summed E-state index contributed by atoms with van der Waals surface area (Å²) in [6.07, 6.45) is 0.580. The maximum absolute atomic E-state index is 9.70. The van der Waals surface area contributed by atoms with E-state index in [9.17, 15) is 5.11 Å². The van der Waals surface area contributed by atoms with E-state index in [1.165, 1.54) is 11.1 Å². The van der Waals surface area contributed by atoms with Crippen molar-refractivity contribution >= 4 is 0 Å². The fourth-order valence-corrected chi connectivity index (χ4v) is 1.98. The van der Waals surface area contributed by atoms with Crippen LogP contribution in [0.4, 0.5) is 0 Å². The van der Waals surface area contributed by atoms with Crippen molar-refractivity contribution in [1.29, 1.82) is 0 Å². The molecule has 102 valence electrons. The molecule has 0 saturated carbocycles. The van der Waals surface area contributed by atoms with Gasteiger partial charge in [-0.25, -0.2) is 0 Å². The molecule has 3 nitrogen and oxygen atoms in total. The number of nitrogens with zero attached hydrogens (tertiary/aromatic N) is 1. The lowest BCUT2D eigenvalue weighted by Crippen LogP contribution is -2.38. The van der Waals surface area contributed by atoms with E-state index in [1.807, 2.05) is 7.05 Å². The second-order valence-electron chi connectivity index (χ2n) is 5.09. The molecule has 0 aliphatic heterocycles. The van der Waals surface area contributed by atoms with Crippen LogP contribution in [0.3, 0.4) is 0 Å². The van der Waals surface area contributed by atoms with Gasteiger partial charge in [0.15, 0.2) is 0 Å². The van der Waals surface area contributed by atoms with Gasteiger partial charge in [0.25, 0.3) is 0 Å². The molecule has 0 spiro atoms. The molecule has 0 amide bonds. The summed E-state index contributed by atoms with van der Waals surface area (Å²) in [4.78, 5) is 2.17. The highest BCUT2D eigenvalue weighted by atomic mass is 16.5. The number of ether oxygens (including phenoxy) is 1. The molecule has 1 rings (SSSR count). The average Bonchev–Trinajstić information content (AvgIpc) is 2.32. The molecule has 0 fully saturated rings. The summed E-state index contributed by atoms with van der Waals surface area (Å²) in [5.74, 6) is 0. The molecule has 0 aliphatic rings. The molecule has 0 bridgehead atoms. The third-order valence-electron chi connectivity index (χ3n) is 3.26. The first-order valence-corrected chi connectivity index (χ1v) is 6.45. The van der Waals surface area contributed by atoms with E-state index in [4.69, 9.17) is 4.74 Å². The number of rotatable bonds is 7. The molecule has 0 aliphatic carbocycles. The van der Waals surface area contributed by atoms with Gasteiger partial charge < -0.3 is 14.7 Å².